The highest BCUT2D eigenvalue weighted by Gasteiger charge is 2.30. The predicted octanol–water partition coefficient (Wildman–Crippen LogP) is -3.52. The second-order valence-electron chi connectivity index (χ2n) is 8.74. The van der Waals surface area contributed by atoms with Gasteiger partial charge in [-0.05, 0) is 38.6 Å². The number of guanidine groups is 1. The van der Waals surface area contributed by atoms with Crippen LogP contribution in [0.25, 0.3) is 0 Å². The lowest BCUT2D eigenvalue weighted by molar-refractivity contribution is -0.142. The van der Waals surface area contributed by atoms with Gasteiger partial charge < -0.3 is 54.1 Å². The summed E-state index contributed by atoms with van der Waals surface area (Å²) in [5.74, 6) is -5.12. The number of aliphatic imine (C=N–C) groups is 1. The zero-order chi connectivity index (χ0) is 29.4. The van der Waals surface area contributed by atoms with Crippen LogP contribution in [-0.4, -0.2) is 93.1 Å². The van der Waals surface area contributed by atoms with Crippen LogP contribution in [0.15, 0.2) is 17.5 Å². The van der Waals surface area contributed by atoms with Crippen LogP contribution >= 0.6 is 0 Å². The highest BCUT2D eigenvalue weighted by atomic mass is 16.4. The Morgan fingerprint density at radius 3 is 2.10 bits per heavy atom. The first-order valence-electron chi connectivity index (χ1n) is 12.3. The summed E-state index contributed by atoms with van der Waals surface area (Å²) in [6.07, 6.45) is 3.48. The van der Waals surface area contributed by atoms with Gasteiger partial charge in [-0.3, -0.25) is 24.2 Å². The van der Waals surface area contributed by atoms with Gasteiger partial charge in [0.2, 0.25) is 17.7 Å². The lowest BCUT2D eigenvalue weighted by Crippen LogP contribution is -2.57. The molecule has 14 N–H and O–H groups in total. The molecule has 0 spiro atoms. The second-order valence-corrected chi connectivity index (χ2v) is 8.74. The molecule has 17 nitrogen and oxygen atoms in total. The number of hydrogen-bond acceptors (Lipinski definition) is 9. The minimum absolute atomic E-state index is 0.0291. The summed E-state index contributed by atoms with van der Waals surface area (Å²) < 4.78 is 0. The Hall–Kier alpha value is -4.25. The van der Waals surface area contributed by atoms with Crippen molar-refractivity contribution in [3.8, 4) is 0 Å². The Balaban J connectivity index is 3.02. The van der Waals surface area contributed by atoms with Crippen LogP contribution < -0.4 is 38.9 Å². The third-order valence-corrected chi connectivity index (χ3v) is 5.48. The molecule has 0 radical (unpaired) electrons. The van der Waals surface area contributed by atoms with Gasteiger partial charge in [-0.15, -0.1) is 0 Å². The number of amides is 3. The summed E-state index contributed by atoms with van der Waals surface area (Å²) in [4.78, 5) is 71.8. The third kappa shape index (κ3) is 13.2. The first-order valence-corrected chi connectivity index (χ1v) is 12.3. The molecule has 1 rings (SSSR count). The van der Waals surface area contributed by atoms with Crippen LogP contribution in [0.5, 0.6) is 0 Å². The van der Waals surface area contributed by atoms with Gasteiger partial charge in [0.1, 0.15) is 18.1 Å². The molecule has 17 heteroatoms. The van der Waals surface area contributed by atoms with E-state index in [9.17, 15) is 29.1 Å². The van der Waals surface area contributed by atoms with Crippen molar-refractivity contribution in [3.05, 3.63) is 18.2 Å². The number of hydrogen-bond donors (Lipinski definition) is 10. The van der Waals surface area contributed by atoms with Crippen molar-refractivity contribution in [2.24, 2.45) is 27.9 Å². The molecule has 0 saturated heterocycles. The van der Waals surface area contributed by atoms with Crippen LogP contribution in [0.1, 0.15) is 44.2 Å². The number of carboxylic acids is 2. The Bertz CT molecular complexity index is 982. The number of imidazole rings is 1. The molecule has 0 aromatic carbocycles. The maximum atomic E-state index is 13.2. The van der Waals surface area contributed by atoms with E-state index in [1.54, 1.807) is 0 Å². The summed E-state index contributed by atoms with van der Waals surface area (Å²) in [5, 5.41) is 25.8. The minimum Gasteiger partial charge on any atom is -0.481 e. The molecular formula is C22H38N10O7. The fourth-order valence-electron chi connectivity index (χ4n) is 3.45. The van der Waals surface area contributed by atoms with E-state index in [4.69, 9.17) is 28.0 Å². The molecule has 0 aliphatic carbocycles. The van der Waals surface area contributed by atoms with Crippen LogP contribution in [-0.2, 0) is 30.4 Å². The van der Waals surface area contributed by atoms with E-state index in [0.717, 1.165) is 0 Å². The molecule has 0 bridgehead atoms. The van der Waals surface area contributed by atoms with Gasteiger partial charge in [-0.2, -0.15) is 0 Å². The first-order chi connectivity index (χ1) is 18.4. The summed E-state index contributed by atoms with van der Waals surface area (Å²) in [5.41, 5.74) is 22.1. The maximum Gasteiger partial charge on any atom is 0.326 e. The van der Waals surface area contributed by atoms with Crippen molar-refractivity contribution in [3.63, 3.8) is 0 Å². The number of nitrogens with zero attached hydrogens (tertiary/aromatic N) is 2. The molecular weight excluding hydrogens is 516 g/mol. The Labute approximate surface area is 224 Å². The second kappa shape index (κ2) is 17.3. The van der Waals surface area contributed by atoms with Crippen molar-refractivity contribution >= 4 is 35.6 Å². The molecule has 0 aliphatic rings. The highest BCUT2D eigenvalue weighted by molar-refractivity contribution is 5.94. The fraction of sp³-hybridized carbons (Fsp3) is 0.591. The lowest BCUT2D eigenvalue weighted by atomic mass is 10.0. The number of aliphatic carboxylic acids is 2. The maximum absolute atomic E-state index is 13.2. The topological polar surface area (TPSA) is 307 Å². The zero-order valence-electron chi connectivity index (χ0n) is 21.5. The van der Waals surface area contributed by atoms with Crippen molar-refractivity contribution in [1.29, 1.82) is 0 Å². The number of carboxylic acid groups (broad SMARTS) is 2. The van der Waals surface area contributed by atoms with E-state index in [2.05, 4.69) is 30.9 Å². The van der Waals surface area contributed by atoms with Gasteiger partial charge in [0.15, 0.2) is 5.96 Å². The number of aromatic nitrogens is 2. The van der Waals surface area contributed by atoms with Crippen molar-refractivity contribution < 1.29 is 34.2 Å². The van der Waals surface area contributed by atoms with Gasteiger partial charge in [-0.1, -0.05) is 0 Å². The lowest BCUT2D eigenvalue weighted by Gasteiger charge is -2.25. The molecule has 39 heavy (non-hydrogen) atoms. The number of nitrogens with two attached hydrogens (primary N) is 4. The highest BCUT2D eigenvalue weighted by Crippen LogP contribution is 2.07. The molecule has 3 amide bonds. The van der Waals surface area contributed by atoms with E-state index in [1.807, 2.05) is 0 Å². The smallest absolute Gasteiger partial charge is 0.326 e. The van der Waals surface area contributed by atoms with Crippen molar-refractivity contribution in [2.75, 3.05) is 13.1 Å². The van der Waals surface area contributed by atoms with Gasteiger partial charge in [-0.25, -0.2) is 9.78 Å². The minimum atomic E-state index is -1.42. The van der Waals surface area contributed by atoms with E-state index in [0.29, 0.717) is 25.1 Å². The predicted molar refractivity (Wildman–Crippen MR) is 139 cm³/mol. The van der Waals surface area contributed by atoms with E-state index in [1.165, 1.54) is 12.5 Å². The monoisotopic (exact) mass is 554 g/mol. The summed E-state index contributed by atoms with van der Waals surface area (Å²) in [6, 6.07) is -5.09. The number of H-pyrrole nitrogens is 1. The van der Waals surface area contributed by atoms with Crippen LogP contribution in [0, 0.1) is 0 Å². The fourth-order valence-corrected chi connectivity index (χ4v) is 3.45. The normalized spacial score (nSPS) is 13.8. The van der Waals surface area contributed by atoms with Crippen LogP contribution in [0.2, 0.25) is 0 Å². The quantitative estimate of drug-likeness (QED) is 0.0452. The van der Waals surface area contributed by atoms with Crippen molar-refractivity contribution in [2.45, 2.75) is 69.1 Å². The van der Waals surface area contributed by atoms with Crippen molar-refractivity contribution in [1.82, 2.24) is 25.9 Å². The van der Waals surface area contributed by atoms with Gasteiger partial charge >= 0.3 is 11.9 Å². The number of rotatable bonds is 19. The molecule has 0 fully saturated rings. The Kier molecular flexibility index (Phi) is 14.5. The molecule has 0 saturated carbocycles. The van der Waals surface area contributed by atoms with E-state index >= 15 is 0 Å². The average Bonchev–Trinajstić information content (AvgIpc) is 3.37. The third-order valence-electron chi connectivity index (χ3n) is 5.48. The van der Waals surface area contributed by atoms with E-state index < -0.39 is 60.2 Å². The molecule has 1 aromatic rings. The number of carbonyl (C=O) groups excluding carboxylic acids is 3. The summed E-state index contributed by atoms with van der Waals surface area (Å²) in [7, 11) is 0. The zero-order valence-corrected chi connectivity index (χ0v) is 21.5. The molecule has 218 valence electrons. The molecule has 0 aliphatic heterocycles. The molecule has 1 aromatic heterocycles. The average molecular weight is 555 g/mol. The largest absolute Gasteiger partial charge is 0.481 e. The standard InChI is InChI=1S/C22H38N10O7/c23-6-2-1-4-14(19(36)31-15(21(38)39)5-3-7-28-22(25)26)30-20(37)16(8-12-10-27-11-29-12)32-18(35)13(24)9-17(33)34/h10-11,13-16H,1-9,23-24H2,(H,27,29)(H,30,37)(H,31,36)(H,32,35)(H,33,34)(H,38,39)(H4,25,26,28). The first kappa shape index (κ1) is 32.8. The van der Waals surface area contributed by atoms with Gasteiger partial charge in [0.05, 0.1) is 18.8 Å². The summed E-state index contributed by atoms with van der Waals surface area (Å²) >= 11 is 0. The number of unbranched alkanes of at least 4 members (excludes halogenated alkanes) is 1. The molecule has 4 atom stereocenters. The van der Waals surface area contributed by atoms with Crippen LogP contribution in [0.4, 0.5) is 0 Å². The Morgan fingerprint density at radius 2 is 1.54 bits per heavy atom. The van der Waals surface area contributed by atoms with Crippen LogP contribution in [0.3, 0.4) is 0 Å². The Morgan fingerprint density at radius 1 is 0.923 bits per heavy atom. The molecule has 1 heterocycles. The SMILES string of the molecule is NCCCCC(NC(=O)C(Cc1cnc[nH]1)NC(=O)C(N)CC(=O)O)C(=O)NC(CCCN=C(N)N)C(=O)O. The summed E-state index contributed by atoms with van der Waals surface area (Å²) in [6.45, 7) is 0.502. The van der Waals surface area contributed by atoms with Gasteiger partial charge in [0.25, 0.3) is 0 Å². The van der Waals surface area contributed by atoms with Gasteiger partial charge in [0, 0.05) is 24.9 Å². The molecule has 4 unspecified atom stereocenters. The number of carbonyl (C=O) groups is 5. The van der Waals surface area contributed by atoms with E-state index in [-0.39, 0.29) is 38.2 Å². The number of aromatic amines is 1. The number of nitrogens with one attached hydrogen (secondary N) is 4.